The minimum atomic E-state index is -0.150. The first-order valence-electron chi connectivity index (χ1n) is 6.38. The molecule has 1 aliphatic rings. The van der Waals surface area contributed by atoms with Crippen molar-refractivity contribution in [1.29, 1.82) is 0 Å². The molecule has 0 saturated carbocycles. The molecule has 6 heteroatoms. The zero-order valence-electron chi connectivity index (χ0n) is 11.3. The van der Waals surface area contributed by atoms with E-state index in [1.54, 1.807) is 4.90 Å². The molecule has 1 aromatic heterocycles. The fourth-order valence-electron chi connectivity index (χ4n) is 2.14. The molecule has 0 unspecified atom stereocenters. The van der Waals surface area contributed by atoms with Crippen molar-refractivity contribution in [3.8, 4) is 0 Å². The van der Waals surface area contributed by atoms with Crippen LogP contribution in [0.25, 0.3) is 0 Å². The van der Waals surface area contributed by atoms with Gasteiger partial charge in [-0.3, -0.25) is 4.79 Å². The fraction of sp³-hybridized carbons (Fsp3) is 0.538. The summed E-state index contributed by atoms with van der Waals surface area (Å²) in [6, 6.07) is 1.75. The number of aromatic amines is 1. The van der Waals surface area contributed by atoms with E-state index in [1.165, 1.54) is 0 Å². The molecule has 2 amide bonds. The molecule has 2 heterocycles. The lowest BCUT2D eigenvalue weighted by molar-refractivity contribution is 0.0531. The summed E-state index contributed by atoms with van der Waals surface area (Å²) in [6.45, 7) is 6.28. The Hall–Kier alpha value is -1.82. The largest absolute Gasteiger partial charge is 0.378 e. The molecule has 6 nitrogen and oxygen atoms in total. The normalized spacial score (nSPS) is 15.4. The van der Waals surface area contributed by atoms with Crippen LogP contribution >= 0.6 is 0 Å². The Morgan fingerprint density at radius 1 is 1.42 bits per heavy atom. The van der Waals surface area contributed by atoms with Gasteiger partial charge in [-0.1, -0.05) is 0 Å². The number of aryl methyl sites for hydroxylation is 2. The van der Waals surface area contributed by atoms with Crippen molar-refractivity contribution >= 4 is 6.03 Å². The van der Waals surface area contributed by atoms with Crippen molar-refractivity contribution < 1.29 is 9.53 Å². The van der Waals surface area contributed by atoms with Crippen LogP contribution in [0.2, 0.25) is 0 Å². The van der Waals surface area contributed by atoms with Gasteiger partial charge in [-0.05, 0) is 25.5 Å². The van der Waals surface area contributed by atoms with E-state index in [-0.39, 0.29) is 18.1 Å². The third-order valence-electron chi connectivity index (χ3n) is 3.21. The molecule has 0 aromatic carbocycles. The number of ether oxygens (including phenoxy) is 1. The lowest BCUT2D eigenvalue weighted by Gasteiger charge is -2.27. The van der Waals surface area contributed by atoms with Gasteiger partial charge in [0.05, 0.1) is 19.8 Å². The number of nitrogens with zero attached hydrogens (tertiary/aromatic N) is 1. The number of carbonyl (C=O) groups excluding carboxylic acids is 1. The van der Waals surface area contributed by atoms with Crippen molar-refractivity contribution in [2.24, 2.45) is 0 Å². The molecule has 0 radical (unpaired) electrons. The van der Waals surface area contributed by atoms with E-state index in [4.69, 9.17) is 4.74 Å². The highest BCUT2D eigenvalue weighted by Gasteiger charge is 2.17. The molecule has 1 saturated heterocycles. The maximum absolute atomic E-state index is 11.9. The second kappa shape index (κ2) is 5.88. The third kappa shape index (κ3) is 3.35. The minimum absolute atomic E-state index is 0.139. The van der Waals surface area contributed by atoms with E-state index in [9.17, 15) is 9.59 Å². The predicted octanol–water partition coefficient (Wildman–Crippen LogP) is 0.534. The second-order valence-corrected chi connectivity index (χ2v) is 4.70. The topological polar surface area (TPSA) is 74.4 Å². The van der Waals surface area contributed by atoms with Gasteiger partial charge >= 0.3 is 6.03 Å². The van der Waals surface area contributed by atoms with Gasteiger partial charge in [0.15, 0.2) is 0 Å². The van der Waals surface area contributed by atoms with E-state index in [0.29, 0.717) is 31.9 Å². The Kier molecular flexibility index (Phi) is 4.21. The first-order valence-corrected chi connectivity index (χ1v) is 6.38. The van der Waals surface area contributed by atoms with Gasteiger partial charge in [0.1, 0.15) is 0 Å². The van der Waals surface area contributed by atoms with E-state index < -0.39 is 0 Å². The quantitative estimate of drug-likeness (QED) is 0.819. The summed E-state index contributed by atoms with van der Waals surface area (Å²) < 4.78 is 5.19. The number of hydrogen-bond donors (Lipinski definition) is 2. The average Bonchev–Trinajstić information content (AvgIpc) is 2.38. The van der Waals surface area contributed by atoms with Crippen LogP contribution in [0, 0.1) is 13.8 Å². The van der Waals surface area contributed by atoms with Gasteiger partial charge in [-0.25, -0.2) is 4.79 Å². The third-order valence-corrected chi connectivity index (χ3v) is 3.21. The van der Waals surface area contributed by atoms with Crippen LogP contribution in [0.1, 0.15) is 16.8 Å². The molecule has 1 aliphatic heterocycles. The number of hydrogen-bond acceptors (Lipinski definition) is 3. The molecular weight excluding hydrogens is 246 g/mol. The highest BCUT2D eigenvalue weighted by Crippen LogP contribution is 2.04. The van der Waals surface area contributed by atoms with Gasteiger partial charge in [-0.2, -0.15) is 0 Å². The smallest absolute Gasteiger partial charge is 0.317 e. The number of nitrogens with one attached hydrogen (secondary N) is 2. The molecule has 1 aromatic rings. The van der Waals surface area contributed by atoms with Crippen molar-refractivity contribution in [3.63, 3.8) is 0 Å². The van der Waals surface area contributed by atoms with Crippen LogP contribution in [0.15, 0.2) is 10.9 Å². The summed E-state index contributed by atoms with van der Waals surface area (Å²) in [5.74, 6) is 0. The predicted molar refractivity (Wildman–Crippen MR) is 71.2 cm³/mol. The van der Waals surface area contributed by atoms with Crippen molar-refractivity contribution in [1.82, 2.24) is 15.2 Å². The van der Waals surface area contributed by atoms with Crippen LogP contribution < -0.4 is 10.9 Å². The Morgan fingerprint density at radius 3 is 2.74 bits per heavy atom. The summed E-state index contributed by atoms with van der Waals surface area (Å²) in [5.41, 5.74) is 2.18. The number of amides is 2. The number of rotatable bonds is 2. The van der Waals surface area contributed by atoms with Gasteiger partial charge in [0.25, 0.3) is 5.56 Å². The van der Waals surface area contributed by atoms with E-state index in [0.717, 1.165) is 11.3 Å². The van der Waals surface area contributed by atoms with Crippen LogP contribution in [0.3, 0.4) is 0 Å². The highest BCUT2D eigenvalue weighted by atomic mass is 16.5. The summed E-state index contributed by atoms with van der Waals surface area (Å²) in [6.07, 6.45) is 0. The lowest BCUT2D eigenvalue weighted by Crippen LogP contribution is -2.46. The summed E-state index contributed by atoms with van der Waals surface area (Å²) >= 11 is 0. The van der Waals surface area contributed by atoms with Crippen LogP contribution in [0.4, 0.5) is 4.79 Å². The SMILES string of the molecule is Cc1cc(C)c(CNC(=O)N2CCOCC2)c(=O)[nH]1. The average molecular weight is 265 g/mol. The number of aromatic nitrogens is 1. The Bertz CT molecular complexity index is 518. The van der Waals surface area contributed by atoms with Gasteiger partial charge < -0.3 is 19.9 Å². The number of pyridine rings is 1. The summed E-state index contributed by atoms with van der Waals surface area (Å²) in [7, 11) is 0. The van der Waals surface area contributed by atoms with Crippen molar-refractivity contribution in [2.75, 3.05) is 26.3 Å². The zero-order valence-corrected chi connectivity index (χ0v) is 11.3. The number of H-pyrrole nitrogens is 1. The minimum Gasteiger partial charge on any atom is -0.378 e. The molecule has 19 heavy (non-hydrogen) atoms. The van der Waals surface area contributed by atoms with Gasteiger partial charge in [0, 0.05) is 24.3 Å². The van der Waals surface area contributed by atoms with Crippen molar-refractivity contribution in [2.45, 2.75) is 20.4 Å². The first-order chi connectivity index (χ1) is 9.08. The van der Waals surface area contributed by atoms with Gasteiger partial charge in [0.2, 0.25) is 0 Å². The molecule has 0 aliphatic carbocycles. The lowest BCUT2D eigenvalue weighted by atomic mass is 10.1. The maximum atomic E-state index is 11.9. The molecule has 2 N–H and O–H groups in total. The van der Waals surface area contributed by atoms with E-state index in [1.807, 2.05) is 19.9 Å². The first kappa shape index (κ1) is 13.6. The molecule has 2 rings (SSSR count). The monoisotopic (exact) mass is 265 g/mol. The van der Waals surface area contributed by atoms with E-state index in [2.05, 4.69) is 10.3 Å². The second-order valence-electron chi connectivity index (χ2n) is 4.70. The molecule has 0 atom stereocenters. The van der Waals surface area contributed by atoms with Crippen molar-refractivity contribution in [3.05, 3.63) is 33.2 Å². The molecule has 0 spiro atoms. The molecule has 0 bridgehead atoms. The standard InChI is InChI=1S/C13H19N3O3/c1-9-7-10(2)15-12(17)11(9)8-14-13(18)16-3-5-19-6-4-16/h7H,3-6,8H2,1-2H3,(H,14,18)(H,15,17). The van der Waals surface area contributed by atoms with E-state index >= 15 is 0 Å². The number of carbonyl (C=O) groups is 1. The molecule has 104 valence electrons. The molecule has 1 fully saturated rings. The van der Waals surface area contributed by atoms with Crippen LogP contribution in [0.5, 0.6) is 0 Å². The summed E-state index contributed by atoms with van der Waals surface area (Å²) in [4.78, 5) is 28.2. The Morgan fingerprint density at radius 2 is 2.11 bits per heavy atom. The molecular formula is C13H19N3O3. The maximum Gasteiger partial charge on any atom is 0.317 e. The van der Waals surface area contributed by atoms with Crippen LogP contribution in [-0.4, -0.2) is 42.2 Å². The number of urea groups is 1. The summed E-state index contributed by atoms with van der Waals surface area (Å²) in [5, 5.41) is 2.78. The fourth-order valence-corrected chi connectivity index (χ4v) is 2.14. The zero-order chi connectivity index (χ0) is 13.8. The Labute approximate surface area is 111 Å². The van der Waals surface area contributed by atoms with Gasteiger partial charge in [-0.15, -0.1) is 0 Å². The van der Waals surface area contributed by atoms with Crippen LogP contribution in [-0.2, 0) is 11.3 Å². The highest BCUT2D eigenvalue weighted by molar-refractivity contribution is 5.74. The Balaban J connectivity index is 1.99. The number of morpholine rings is 1.